The SMILES string of the molecule is COc1c([C@H]2[C@H](C(=O)Nc3ccnc(-c4nnn(C)n4)c3)O[C@@](C)(C(F)(F)F)[C@H]2C)ccc(F)c1F. The van der Waals surface area contributed by atoms with Crippen LogP contribution in [-0.4, -0.2) is 56.1 Å². The van der Waals surface area contributed by atoms with E-state index in [0.717, 1.165) is 26.2 Å². The lowest BCUT2D eigenvalue weighted by Gasteiger charge is -2.32. The summed E-state index contributed by atoms with van der Waals surface area (Å²) in [6.45, 7) is 2.05. The first-order valence-corrected chi connectivity index (χ1v) is 10.6. The van der Waals surface area contributed by atoms with Crippen molar-refractivity contribution in [1.29, 1.82) is 0 Å². The molecule has 1 aliphatic heterocycles. The number of amides is 1. The molecular formula is C22H21F5N6O3. The first-order chi connectivity index (χ1) is 16.9. The van der Waals surface area contributed by atoms with E-state index >= 15 is 0 Å². The third-order valence-electron chi connectivity index (χ3n) is 6.34. The fourth-order valence-electron chi connectivity index (χ4n) is 4.27. The molecule has 1 saturated heterocycles. The minimum absolute atomic E-state index is 0.129. The maximum atomic E-state index is 14.5. The number of aromatic nitrogens is 5. The van der Waals surface area contributed by atoms with Crippen LogP contribution in [0, 0.1) is 17.6 Å². The number of hydrogen-bond acceptors (Lipinski definition) is 7. The lowest BCUT2D eigenvalue weighted by atomic mass is 9.77. The van der Waals surface area contributed by atoms with Crippen LogP contribution >= 0.6 is 0 Å². The van der Waals surface area contributed by atoms with Gasteiger partial charge in [-0.1, -0.05) is 13.0 Å². The van der Waals surface area contributed by atoms with Gasteiger partial charge in [0.2, 0.25) is 11.6 Å². The summed E-state index contributed by atoms with van der Waals surface area (Å²) < 4.78 is 80.8. The Balaban J connectivity index is 1.73. The molecule has 2 aromatic heterocycles. The molecular weight excluding hydrogens is 491 g/mol. The number of pyridine rings is 1. The number of anilines is 1. The fraction of sp³-hybridized carbons (Fsp3) is 0.409. The molecule has 36 heavy (non-hydrogen) atoms. The van der Waals surface area contributed by atoms with Crippen molar-refractivity contribution >= 4 is 11.6 Å². The number of carbonyl (C=O) groups excluding carboxylic acids is 1. The van der Waals surface area contributed by atoms with Crippen LogP contribution in [0.15, 0.2) is 30.5 Å². The summed E-state index contributed by atoms with van der Waals surface area (Å²) >= 11 is 0. The fourth-order valence-corrected chi connectivity index (χ4v) is 4.27. The Bertz CT molecular complexity index is 1300. The van der Waals surface area contributed by atoms with Gasteiger partial charge in [0, 0.05) is 29.3 Å². The van der Waals surface area contributed by atoms with Gasteiger partial charge < -0.3 is 14.8 Å². The highest BCUT2D eigenvalue weighted by Crippen LogP contribution is 2.55. The molecule has 1 fully saturated rings. The highest BCUT2D eigenvalue weighted by molar-refractivity contribution is 5.95. The minimum atomic E-state index is -4.87. The minimum Gasteiger partial charge on any atom is -0.493 e. The standard InChI is InChI=1S/C22H21F5N6O3/c1-10-15(12-5-6-13(23)16(24)17(12)35-4)18(36-21(10,2)22(25,26)27)20(34)29-11-7-8-28-14(9-11)19-30-32-33(3)31-19/h5-10,15,18H,1-4H3,(H,28,29,34)/t10-,15-,18+,21+/m0/s1. The molecule has 1 aromatic carbocycles. The molecule has 0 aliphatic carbocycles. The monoisotopic (exact) mass is 512 g/mol. The van der Waals surface area contributed by atoms with Crippen molar-refractivity contribution in [2.75, 3.05) is 12.4 Å². The van der Waals surface area contributed by atoms with Crippen LogP contribution in [-0.2, 0) is 16.6 Å². The smallest absolute Gasteiger partial charge is 0.417 e. The molecule has 0 saturated carbocycles. The van der Waals surface area contributed by atoms with E-state index in [1.165, 1.54) is 30.0 Å². The number of benzene rings is 1. The first kappa shape index (κ1) is 25.4. The maximum Gasteiger partial charge on any atom is 0.417 e. The Kier molecular flexibility index (Phi) is 6.41. The molecule has 14 heteroatoms. The van der Waals surface area contributed by atoms with Crippen molar-refractivity contribution in [3.63, 3.8) is 0 Å². The van der Waals surface area contributed by atoms with Crippen LogP contribution in [0.5, 0.6) is 5.75 Å². The molecule has 4 atom stereocenters. The molecule has 0 unspecified atom stereocenters. The Morgan fingerprint density at radius 2 is 1.97 bits per heavy atom. The van der Waals surface area contributed by atoms with Gasteiger partial charge in [-0.05, 0) is 30.3 Å². The van der Waals surface area contributed by atoms with Gasteiger partial charge in [-0.3, -0.25) is 9.78 Å². The van der Waals surface area contributed by atoms with Crippen molar-refractivity contribution < 1.29 is 36.2 Å². The van der Waals surface area contributed by atoms with Crippen LogP contribution in [0.25, 0.3) is 11.5 Å². The van der Waals surface area contributed by atoms with Crippen molar-refractivity contribution in [1.82, 2.24) is 25.2 Å². The number of methoxy groups -OCH3 is 1. The summed E-state index contributed by atoms with van der Waals surface area (Å²) in [7, 11) is 2.60. The molecule has 0 bridgehead atoms. The van der Waals surface area contributed by atoms with Crippen LogP contribution in [0.3, 0.4) is 0 Å². The summed E-state index contributed by atoms with van der Waals surface area (Å²) in [5.41, 5.74) is -2.47. The van der Waals surface area contributed by atoms with E-state index < -0.39 is 53.0 Å². The predicted molar refractivity (Wildman–Crippen MR) is 115 cm³/mol. The predicted octanol–water partition coefficient (Wildman–Crippen LogP) is 3.64. The van der Waals surface area contributed by atoms with Crippen molar-refractivity contribution in [3.05, 3.63) is 47.7 Å². The summed E-state index contributed by atoms with van der Waals surface area (Å²) in [5.74, 6) is -6.70. The summed E-state index contributed by atoms with van der Waals surface area (Å²) in [5, 5.41) is 14.0. The molecule has 9 nitrogen and oxygen atoms in total. The van der Waals surface area contributed by atoms with E-state index in [-0.39, 0.29) is 22.8 Å². The van der Waals surface area contributed by atoms with Crippen LogP contribution in [0.2, 0.25) is 0 Å². The molecule has 3 aromatic rings. The van der Waals surface area contributed by atoms with Gasteiger partial charge in [-0.2, -0.15) is 22.4 Å². The Morgan fingerprint density at radius 1 is 1.25 bits per heavy atom. The number of aryl methyl sites for hydroxylation is 1. The number of halogens is 5. The van der Waals surface area contributed by atoms with Crippen LogP contribution < -0.4 is 10.1 Å². The molecule has 4 rings (SSSR count). The Morgan fingerprint density at radius 3 is 2.58 bits per heavy atom. The molecule has 192 valence electrons. The molecule has 1 amide bonds. The number of tetrazole rings is 1. The van der Waals surface area contributed by atoms with E-state index in [2.05, 4.69) is 25.7 Å². The highest BCUT2D eigenvalue weighted by atomic mass is 19.4. The van der Waals surface area contributed by atoms with Gasteiger partial charge >= 0.3 is 6.18 Å². The average molecular weight is 512 g/mol. The van der Waals surface area contributed by atoms with Crippen molar-refractivity contribution in [2.45, 2.75) is 37.6 Å². The second-order valence-corrected chi connectivity index (χ2v) is 8.46. The van der Waals surface area contributed by atoms with Crippen molar-refractivity contribution in [2.24, 2.45) is 13.0 Å². The number of ether oxygens (including phenoxy) is 2. The lowest BCUT2D eigenvalue weighted by Crippen LogP contribution is -2.47. The number of alkyl halides is 3. The number of nitrogens with one attached hydrogen (secondary N) is 1. The van der Waals surface area contributed by atoms with Gasteiger partial charge in [0.05, 0.1) is 14.2 Å². The topological polar surface area (TPSA) is 104 Å². The second kappa shape index (κ2) is 9.08. The third kappa shape index (κ3) is 4.25. The number of rotatable bonds is 5. The third-order valence-corrected chi connectivity index (χ3v) is 6.34. The van der Waals surface area contributed by atoms with E-state index in [1.807, 2.05) is 0 Å². The van der Waals surface area contributed by atoms with E-state index in [0.29, 0.717) is 0 Å². The first-order valence-electron chi connectivity index (χ1n) is 10.6. The highest BCUT2D eigenvalue weighted by Gasteiger charge is 2.65. The number of carbonyl (C=O) groups is 1. The van der Waals surface area contributed by atoms with Gasteiger partial charge in [0.1, 0.15) is 11.8 Å². The number of nitrogens with zero attached hydrogens (tertiary/aromatic N) is 5. The Labute approximate surface area is 201 Å². The Hall–Kier alpha value is -3.68. The zero-order chi connectivity index (χ0) is 26.4. The van der Waals surface area contributed by atoms with Crippen LogP contribution in [0.4, 0.5) is 27.6 Å². The van der Waals surface area contributed by atoms with Gasteiger partial charge in [0.15, 0.2) is 17.2 Å². The lowest BCUT2D eigenvalue weighted by molar-refractivity contribution is -0.272. The van der Waals surface area contributed by atoms with E-state index in [1.54, 1.807) is 7.05 Å². The normalized spacial score (nSPS) is 24.1. The van der Waals surface area contributed by atoms with Crippen molar-refractivity contribution in [3.8, 4) is 17.3 Å². The zero-order valence-corrected chi connectivity index (χ0v) is 19.5. The zero-order valence-electron chi connectivity index (χ0n) is 19.5. The van der Waals surface area contributed by atoms with Gasteiger partial charge in [-0.25, -0.2) is 4.39 Å². The molecule has 3 heterocycles. The molecule has 1 N–H and O–H groups in total. The quantitative estimate of drug-likeness (QED) is 0.521. The van der Waals surface area contributed by atoms with E-state index in [4.69, 9.17) is 9.47 Å². The van der Waals surface area contributed by atoms with E-state index in [9.17, 15) is 26.7 Å². The van der Waals surface area contributed by atoms with Gasteiger partial charge in [-0.15, -0.1) is 10.2 Å². The van der Waals surface area contributed by atoms with Gasteiger partial charge in [0.25, 0.3) is 5.91 Å². The van der Waals surface area contributed by atoms with Crippen LogP contribution in [0.1, 0.15) is 25.3 Å². The summed E-state index contributed by atoms with van der Waals surface area (Å²) in [6, 6.07) is 4.67. The summed E-state index contributed by atoms with van der Waals surface area (Å²) in [6.07, 6.45) is -5.25. The molecule has 1 aliphatic rings. The summed E-state index contributed by atoms with van der Waals surface area (Å²) in [4.78, 5) is 18.6. The maximum absolute atomic E-state index is 14.5. The number of hydrogen-bond donors (Lipinski definition) is 1. The average Bonchev–Trinajstić information content (AvgIpc) is 3.37. The molecule has 0 radical (unpaired) electrons. The second-order valence-electron chi connectivity index (χ2n) is 8.46. The largest absolute Gasteiger partial charge is 0.493 e. The molecule has 0 spiro atoms.